The lowest BCUT2D eigenvalue weighted by atomic mass is 10.1. The van der Waals surface area contributed by atoms with Crippen molar-refractivity contribution in [2.24, 2.45) is 0 Å². The molecule has 0 spiro atoms. The molecule has 22 heavy (non-hydrogen) atoms. The summed E-state index contributed by atoms with van der Waals surface area (Å²) < 4.78 is 0.953. The largest absolute Gasteiger partial charge is 0.325 e. The second-order valence-corrected chi connectivity index (χ2v) is 6.31. The number of rotatable bonds is 7. The highest BCUT2D eigenvalue weighted by atomic mass is 79.9. The third-order valence-electron chi connectivity index (χ3n) is 3.61. The van der Waals surface area contributed by atoms with Gasteiger partial charge in [-0.15, -0.1) is 0 Å². The number of aryl methyl sites for hydroxylation is 2. The fourth-order valence-electron chi connectivity index (χ4n) is 2.31. The molecule has 0 aliphatic carbocycles. The maximum atomic E-state index is 12.1. The minimum atomic E-state index is 0.0471. The topological polar surface area (TPSA) is 29.1 Å². The van der Waals surface area contributed by atoms with Crippen LogP contribution < -0.4 is 5.32 Å². The number of hydrogen-bond acceptors (Lipinski definition) is 1. The van der Waals surface area contributed by atoms with Gasteiger partial charge in [-0.1, -0.05) is 49.7 Å². The molecule has 2 aromatic rings. The molecule has 1 amide bonds. The van der Waals surface area contributed by atoms with Gasteiger partial charge in [-0.05, 0) is 58.5 Å². The molecule has 2 aromatic carbocycles. The van der Waals surface area contributed by atoms with Crippen LogP contribution in [-0.2, 0) is 17.6 Å². The number of carbonyl (C=O) groups is 1. The van der Waals surface area contributed by atoms with Gasteiger partial charge in [0.1, 0.15) is 0 Å². The van der Waals surface area contributed by atoms with E-state index < -0.39 is 0 Å². The Bertz CT molecular complexity index is 610. The normalized spacial score (nSPS) is 10.5. The first-order valence-corrected chi connectivity index (χ1v) is 8.60. The molecule has 0 saturated carbocycles. The summed E-state index contributed by atoms with van der Waals surface area (Å²) in [7, 11) is 0. The second kappa shape index (κ2) is 8.74. The molecule has 3 heteroatoms. The number of nitrogens with one attached hydrogen (secondary N) is 1. The maximum Gasteiger partial charge on any atom is 0.224 e. The first-order chi connectivity index (χ1) is 10.7. The van der Waals surface area contributed by atoms with Crippen molar-refractivity contribution in [2.45, 2.75) is 39.0 Å². The van der Waals surface area contributed by atoms with E-state index in [2.05, 4.69) is 40.3 Å². The first-order valence-electron chi connectivity index (χ1n) is 7.81. The monoisotopic (exact) mass is 359 g/mol. The van der Waals surface area contributed by atoms with Gasteiger partial charge in [0.2, 0.25) is 5.91 Å². The Morgan fingerprint density at radius 3 is 2.50 bits per heavy atom. The molecule has 0 atom stereocenters. The van der Waals surface area contributed by atoms with Gasteiger partial charge in [-0.2, -0.15) is 0 Å². The Kier molecular flexibility index (Phi) is 6.66. The number of carbonyl (C=O) groups excluding carboxylic acids is 1. The quantitative estimate of drug-likeness (QED) is 0.707. The lowest BCUT2D eigenvalue weighted by Crippen LogP contribution is -2.12. The van der Waals surface area contributed by atoms with Crippen LogP contribution in [0.2, 0.25) is 0 Å². The zero-order valence-corrected chi connectivity index (χ0v) is 14.5. The average Bonchev–Trinajstić information content (AvgIpc) is 2.54. The molecule has 2 rings (SSSR count). The smallest absolute Gasteiger partial charge is 0.224 e. The minimum absolute atomic E-state index is 0.0471. The van der Waals surface area contributed by atoms with Gasteiger partial charge in [-0.3, -0.25) is 4.79 Å². The molecule has 0 aliphatic heterocycles. The standard InChI is InChI=1S/C19H22BrNO/c1-2-3-7-16-10-12-18(17(20)14-16)21-19(22)13-11-15-8-5-4-6-9-15/h4-6,8-10,12,14H,2-3,7,11,13H2,1H3,(H,21,22). The van der Waals surface area contributed by atoms with Crippen molar-refractivity contribution >= 4 is 27.5 Å². The van der Waals surface area contributed by atoms with Crippen LogP contribution in [0.15, 0.2) is 53.0 Å². The highest BCUT2D eigenvalue weighted by molar-refractivity contribution is 9.10. The van der Waals surface area contributed by atoms with Crippen LogP contribution in [-0.4, -0.2) is 5.91 Å². The Morgan fingerprint density at radius 1 is 1.05 bits per heavy atom. The van der Waals surface area contributed by atoms with E-state index in [9.17, 15) is 4.79 Å². The van der Waals surface area contributed by atoms with Crippen LogP contribution in [0.1, 0.15) is 37.3 Å². The van der Waals surface area contributed by atoms with Gasteiger partial charge in [0.05, 0.1) is 5.69 Å². The van der Waals surface area contributed by atoms with E-state index in [1.807, 2.05) is 36.4 Å². The van der Waals surface area contributed by atoms with Crippen LogP contribution in [0.3, 0.4) is 0 Å². The number of benzene rings is 2. The Balaban J connectivity index is 1.88. The third kappa shape index (κ3) is 5.30. The van der Waals surface area contributed by atoms with Crippen LogP contribution in [0.4, 0.5) is 5.69 Å². The van der Waals surface area contributed by atoms with Gasteiger partial charge < -0.3 is 5.32 Å². The van der Waals surface area contributed by atoms with Crippen molar-refractivity contribution in [3.8, 4) is 0 Å². The maximum absolute atomic E-state index is 12.1. The lowest BCUT2D eigenvalue weighted by Gasteiger charge is -2.09. The molecule has 0 saturated heterocycles. The molecule has 0 fully saturated rings. The Labute approximate surface area is 141 Å². The first kappa shape index (κ1) is 16.8. The van der Waals surface area contributed by atoms with Crippen molar-refractivity contribution in [3.05, 3.63) is 64.1 Å². The van der Waals surface area contributed by atoms with Gasteiger partial charge in [0.15, 0.2) is 0 Å². The molecule has 2 nitrogen and oxygen atoms in total. The van der Waals surface area contributed by atoms with E-state index in [1.54, 1.807) is 0 Å². The van der Waals surface area contributed by atoms with E-state index in [0.29, 0.717) is 6.42 Å². The highest BCUT2D eigenvalue weighted by Gasteiger charge is 2.07. The average molecular weight is 360 g/mol. The number of halogens is 1. The molecule has 0 heterocycles. The fraction of sp³-hybridized carbons (Fsp3) is 0.316. The van der Waals surface area contributed by atoms with E-state index in [-0.39, 0.29) is 5.91 Å². The highest BCUT2D eigenvalue weighted by Crippen LogP contribution is 2.24. The van der Waals surface area contributed by atoms with E-state index in [4.69, 9.17) is 0 Å². The minimum Gasteiger partial charge on any atom is -0.325 e. The van der Waals surface area contributed by atoms with Gasteiger partial charge >= 0.3 is 0 Å². The van der Waals surface area contributed by atoms with E-state index in [1.165, 1.54) is 24.0 Å². The van der Waals surface area contributed by atoms with Crippen LogP contribution >= 0.6 is 15.9 Å². The van der Waals surface area contributed by atoms with Crippen molar-refractivity contribution in [1.29, 1.82) is 0 Å². The summed E-state index contributed by atoms with van der Waals surface area (Å²) in [5.41, 5.74) is 3.33. The predicted molar refractivity (Wildman–Crippen MR) is 96.1 cm³/mol. The second-order valence-electron chi connectivity index (χ2n) is 5.45. The van der Waals surface area contributed by atoms with Gasteiger partial charge in [-0.25, -0.2) is 0 Å². The fourth-order valence-corrected chi connectivity index (χ4v) is 2.84. The molecule has 1 N–H and O–H groups in total. The number of hydrogen-bond donors (Lipinski definition) is 1. The molecule has 0 aromatic heterocycles. The number of anilines is 1. The molecule has 0 aliphatic rings. The summed E-state index contributed by atoms with van der Waals surface area (Å²) in [4.78, 5) is 12.1. The SMILES string of the molecule is CCCCc1ccc(NC(=O)CCc2ccccc2)c(Br)c1. The third-order valence-corrected chi connectivity index (χ3v) is 4.27. The van der Waals surface area contributed by atoms with Crippen molar-refractivity contribution < 1.29 is 4.79 Å². The van der Waals surface area contributed by atoms with Crippen LogP contribution in [0.25, 0.3) is 0 Å². The number of amides is 1. The molecule has 0 radical (unpaired) electrons. The molecular formula is C19H22BrNO. The zero-order valence-electron chi connectivity index (χ0n) is 12.9. The summed E-state index contributed by atoms with van der Waals surface area (Å²) in [6.45, 7) is 2.19. The summed E-state index contributed by atoms with van der Waals surface area (Å²) in [6.07, 6.45) is 4.72. The predicted octanol–water partition coefficient (Wildman–Crippen LogP) is 5.36. The zero-order chi connectivity index (χ0) is 15.8. The van der Waals surface area contributed by atoms with Gasteiger partial charge in [0.25, 0.3) is 0 Å². The van der Waals surface area contributed by atoms with Crippen LogP contribution in [0.5, 0.6) is 0 Å². The Morgan fingerprint density at radius 2 is 1.82 bits per heavy atom. The summed E-state index contributed by atoms with van der Waals surface area (Å²) in [5, 5.41) is 2.98. The molecule has 0 unspecified atom stereocenters. The van der Waals surface area contributed by atoms with Crippen molar-refractivity contribution in [2.75, 3.05) is 5.32 Å². The lowest BCUT2D eigenvalue weighted by molar-refractivity contribution is -0.116. The van der Waals surface area contributed by atoms with Crippen molar-refractivity contribution in [3.63, 3.8) is 0 Å². The molecule has 116 valence electrons. The summed E-state index contributed by atoms with van der Waals surface area (Å²) >= 11 is 3.55. The van der Waals surface area contributed by atoms with E-state index in [0.717, 1.165) is 23.0 Å². The number of unbranched alkanes of at least 4 members (excludes halogenated alkanes) is 1. The van der Waals surface area contributed by atoms with Gasteiger partial charge in [0, 0.05) is 10.9 Å². The molecule has 0 bridgehead atoms. The van der Waals surface area contributed by atoms with Crippen molar-refractivity contribution in [1.82, 2.24) is 0 Å². The summed E-state index contributed by atoms with van der Waals surface area (Å²) in [6, 6.07) is 16.3. The van der Waals surface area contributed by atoms with Crippen LogP contribution in [0, 0.1) is 0 Å². The Hall–Kier alpha value is -1.61. The van der Waals surface area contributed by atoms with E-state index >= 15 is 0 Å². The molecular weight excluding hydrogens is 338 g/mol. The summed E-state index contributed by atoms with van der Waals surface area (Å²) in [5.74, 6) is 0.0471.